The van der Waals surface area contributed by atoms with Gasteiger partial charge in [0.05, 0.1) is 0 Å². The topological polar surface area (TPSA) is 131 Å². The molecule has 204 valence electrons. The number of nitrogens with zero attached hydrogens (tertiary/aromatic N) is 1. The minimum atomic E-state index is -1.14. The summed E-state index contributed by atoms with van der Waals surface area (Å²) in [6.07, 6.45) is 0.641. The summed E-state index contributed by atoms with van der Waals surface area (Å²) in [5.74, 6) is -1.60. The first-order valence-corrected chi connectivity index (χ1v) is 12.5. The molecule has 0 bridgehead atoms. The Bertz CT molecular complexity index is 1170. The predicted octanol–water partition coefficient (Wildman–Crippen LogP) is 4.33. The molecule has 9 nitrogen and oxygen atoms in total. The molecule has 0 aliphatic rings. The van der Waals surface area contributed by atoms with Crippen molar-refractivity contribution in [2.45, 2.75) is 65.1 Å². The smallest absolute Gasteiger partial charge is 0.408 e. The average molecular weight is 523 g/mol. The number of rotatable bonds is 11. The second-order valence-electron chi connectivity index (χ2n) is 9.91. The summed E-state index contributed by atoms with van der Waals surface area (Å²) in [7, 11) is 0. The van der Waals surface area contributed by atoms with Crippen molar-refractivity contribution < 1.29 is 23.9 Å². The van der Waals surface area contributed by atoms with Crippen molar-refractivity contribution in [2.75, 3.05) is 11.9 Å². The zero-order valence-electron chi connectivity index (χ0n) is 22.7. The van der Waals surface area contributed by atoms with Crippen molar-refractivity contribution >= 4 is 35.6 Å². The van der Waals surface area contributed by atoms with Crippen molar-refractivity contribution in [3.8, 4) is 0 Å². The number of ether oxygens (including phenoxy) is 1. The third kappa shape index (κ3) is 8.76. The highest BCUT2D eigenvalue weighted by Crippen LogP contribution is 2.26. The van der Waals surface area contributed by atoms with E-state index in [1.807, 2.05) is 31.2 Å². The number of carbonyl (C=O) groups is 4. The van der Waals surface area contributed by atoms with Crippen molar-refractivity contribution in [1.82, 2.24) is 10.2 Å². The van der Waals surface area contributed by atoms with Gasteiger partial charge in [0, 0.05) is 18.7 Å². The molecule has 2 aromatic carbocycles. The Labute approximate surface area is 224 Å². The molecule has 4 N–H and O–H groups in total. The van der Waals surface area contributed by atoms with Gasteiger partial charge in [0.15, 0.2) is 0 Å². The van der Waals surface area contributed by atoms with Crippen LogP contribution in [0.25, 0.3) is 6.08 Å². The van der Waals surface area contributed by atoms with E-state index in [0.29, 0.717) is 11.3 Å². The number of primary amides is 1. The molecule has 0 heterocycles. The van der Waals surface area contributed by atoms with E-state index in [4.69, 9.17) is 10.5 Å². The van der Waals surface area contributed by atoms with Crippen molar-refractivity contribution in [3.05, 3.63) is 71.8 Å². The first-order valence-electron chi connectivity index (χ1n) is 12.5. The maximum Gasteiger partial charge on any atom is 0.408 e. The molecule has 2 rings (SSSR count). The van der Waals surface area contributed by atoms with E-state index in [1.54, 1.807) is 58.0 Å². The molecule has 0 radical (unpaired) electrons. The van der Waals surface area contributed by atoms with E-state index in [-0.39, 0.29) is 19.4 Å². The maximum atomic E-state index is 13.9. The van der Waals surface area contributed by atoms with Crippen LogP contribution in [0.15, 0.2) is 55.1 Å². The van der Waals surface area contributed by atoms with Crippen LogP contribution in [0.5, 0.6) is 0 Å². The van der Waals surface area contributed by atoms with Gasteiger partial charge in [0.25, 0.3) is 5.91 Å². The van der Waals surface area contributed by atoms with Gasteiger partial charge in [-0.2, -0.15) is 0 Å². The van der Waals surface area contributed by atoms with Crippen molar-refractivity contribution in [1.29, 1.82) is 0 Å². The van der Waals surface area contributed by atoms with Crippen LogP contribution in [-0.2, 0) is 19.1 Å². The normalized spacial score (nSPS) is 12.6. The number of hydrogen-bond donors (Lipinski definition) is 3. The van der Waals surface area contributed by atoms with E-state index in [9.17, 15) is 19.2 Å². The number of benzene rings is 2. The molecule has 9 heteroatoms. The lowest BCUT2D eigenvalue weighted by atomic mass is 9.99. The summed E-state index contributed by atoms with van der Waals surface area (Å²) in [6.45, 7) is 12.6. The van der Waals surface area contributed by atoms with Crippen LogP contribution in [0, 0.1) is 6.92 Å². The number of hydrogen-bond acceptors (Lipinski definition) is 5. The van der Waals surface area contributed by atoms with Crippen LogP contribution in [0.2, 0.25) is 0 Å². The Morgan fingerprint density at radius 3 is 2.37 bits per heavy atom. The number of carbonyl (C=O) groups excluding carboxylic acids is 4. The Hall–Kier alpha value is -4.14. The van der Waals surface area contributed by atoms with Gasteiger partial charge < -0.3 is 26.0 Å². The fourth-order valence-electron chi connectivity index (χ4n) is 3.90. The number of nitrogens with two attached hydrogens (primary N) is 1. The highest BCUT2D eigenvalue weighted by atomic mass is 16.6. The van der Waals surface area contributed by atoms with E-state index < -0.39 is 41.5 Å². The van der Waals surface area contributed by atoms with Gasteiger partial charge in [-0.1, -0.05) is 49.1 Å². The first-order chi connectivity index (χ1) is 17.9. The fourth-order valence-corrected chi connectivity index (χ4v) is 3.90. The summed E-state index contributed by atoms with van der Waals surface area (Å²) in [5, 5.41) is 5.49. The van der Waals surface area contributed by atoms with Gasteiger partial charge >= 0.3 is 6.09 Å². The number of alkyl carbamates (subject to hydrolysis) is 1. The molecule has 0 aliphatic heterocycles. The molecule has 0 saturated carbocycles. The van der Waals surface area contributed by atoms with Crippen LogP contribution in [0.3, 0.4) is 0 Å². The molecule has 2 atom stereocenters. The zero-order valence-corrected chi connectivity index (χ0v) is 22.7. The number of para-hydroxylation sites is 1. The molecule has 0 saturated heterocycles. The maximum absolute atomic E-state index is 13.9. The highest BCUT2D eigenvalue weighted by molar-refractivity contribution is 5.99. The Morgan fingerprint density at radius 2 is 1.79 bits per heavy atom. The zero-order chi connectivity index (χ0) is 28.5. The number of nitrogens with one attached hydrogen (secondary N) is 2. The number of likely N-dealkylation sites (N-methyl/N-ethyl adjacent to an activating group) is 1. The van der Waals surface area contributed by atoms with E-state index >= 15 is 0 Å². The van der Waals surface area contributed by atoms with Gasteiger partial charge in [-0.15, -0.1) is 0 Å². The number of anilines is 1. The average Bonchev–Trinajstić information content (AvgIpc) is 2.84. The van der Waals surface area contributed by atoms with Crippen molar-refractivity contribution in [2.24, 2.45) is 5.73 Å². The molecular weight excluding hydrogens is 484 g/mol. The predicted molar refractivity (Wildman–Crippen MR) is 148 cm³/mol. The largest absolute Gasteiger partial charge is 0.444 e. The summed E-state index contributed by atoms with van der Waals surface area (Å²) >= 11 is 0. The van der Waals surface area contributed by atoms with Gasteiger partial charge in [0.2, 0.25) is 11.8 Å². The minimum absolute atomic E-state index is 0.0528. The Kier molecular flexibility index (Phi) is 10.6. The lowest BCUT2D eigenvalue weighted by Crippen LogP contribution is -2.52. The summed E-state index contributed by atoms with van der Waals surface area (Å²) in [5.41, 5.74) is 7.35. The molecule has 4 amide bonds. The molecule has 0 fully saturated rings. The van der Waals surface area contributed by atoms with Crippen LogP contribution < -0.4 is 16.4 Å². The fraction of sp³-hybridized carbons (Fsp3) is 0.379. The third-order valence-electron chi connectivity index (χ3n) is 5.72. The van der Waals surface area contributed by atoms with Gasteiger partial charge in [-0.3, -0.25) is 14.4 Å². The molecule has 0 aromatic heterocycles. The first kappa shape index (κ1) is 30.1. The third-order valence-corrected chi connectivity index (χ3v) is 5.72. The van der Waals surface area contributed by atoms with Crippen LogP contribution in [0.1, 0.15) is 63.3 Å². The highest BCUT2D eigenvalue weighted by Gasteiger charge is 2.36. The summed E-state index contributed by atoms with van der Waals surface area (Å²) in [4.78, 5) is 53.1. The second-order valence-corrected chi connectivity index (χ2v) is 9.91. The van der Waals surface area contributed by atoms with Crippen LogP contribution in [0.4, 0.5) is 10.5 Å². The molecule has 2 unspecified atom stereocenters. The van der Waals surface area contributed by atoms with E-state index in [0.717, 1.165) is 11.1 Å². The number of amides is 4. The van der Waals surface area contributed by atoms with E-state index in [1.165, 1.54) is 4.90 Å². The SMILES string of the molecule is C=Cc1cccc(C(C(=O)Nc2ccccc2C)N(CC)C(=O)C(CCC(N)=O)NC(=O)OC(C)(C)C)c1. The summed E-state index contributed by atoms with van der Waals surface area (Å²) in [6, 6.07) is 12.3. The van der Waals surface area contributed by atoms with Gasteiger partial charge in [-0.05, 0) is 69.9 Å². The molecular formula is C29H38N4O5. The lowest BCUT2D eigenvalue weighted by molar-refractivity contribution is -0.140. The molecule has 0 spiro atoms. The Balaban J connectivity index is 2.50. The minimum Gasteiger partial charge on any atom is -0.444 e. The van der Waals surface area contributed by atoms with Gasteiger partial charge in [-0.25, -0.2) is 4.79 Å². The van der Waals surface area contributed by atoms with Gasteiger partial charge in [0.1, 0.15) is 17.7 Å². The number of aryl methyl sites for hydroxylation is 1. The molecule has 38 heavy (non-hydrogen) atoms. The van der Waals surface area contributed by atoms with E-state index in [2.05, 4.69) is 17.2 Å². The molecule has 0 aliphatic carbocycles. The second kappa shape index (κ2) is 13.4. The Morgan fingerprint density at radius 1 is 1.11 bits per heavy atom. The summed E-state index contributed by atoms with van der Waals surface area (Å²) < 4.78 is 5.33. The monoisotopic (exact) mass is 522 g/mol. The van der Waals surface area contributed by atoms with Crippen LogP contribution in [-0.4, -0.2) is 46.9 Å². The molecule has 2 aromatic rings. The standard InChI is InChI=1S/C29H38N4O5/c1-7-20-13-11-14-21(18-20)25(26(35)31-22-15-10-9-12-19(22)3)33(8-2)27(36)23(16-17-24(30)34)32-28(37)38-29(4,5)6/h7,9-15,18,23,25H,1,8,16-17H2,2-6H3,(H2,30,34)(H,31,35)(H,32,37). The van der Waals surface area contributed by atoms with Crippen molar-refractivity contribution in [3.63, 3.8) is 0 Å². The lowest BCUT2D eigenvalue weighted by Gasteiger charge is -2.34. The van der Waals surface area contributed by atoms with Crippen LogP contribution >= 0.6 is 0 Å². The quantitative estimate of drug-likeness (QED) is 0.404.